The number of nitrogens with zero attached hydrogens (tertiary/aromatic N) is 2. The molecule has 1 N–H and O–H groups in total. The smallest absolute Gasteiger partial charge is 0.412 e. The number of pyridine rings is 1. The Morgan fingerprint density at radius 2 is 2.04 bits per heavy atom. The van der Waals surface area contributed by atoms with Gasteiger partial charge in [0.25, 0.3) is 5.56 Å². The van der Waals surface area contributed by atoms with Crippen LogP contribution in [0.4, 0.5) is 4.79 Å². The Hall–Kier alpha value is -1.86. The minimum atomic E-state index is -0.917. The van der Waals surface area contributed by atoms with E-state index in [1.165, 1.54) is 15.5 Å². The highest BCUT2D eigenvalue weighted by molar-refractivity contribution is 5.70. The minimum Gasteiger partial charge on any atom is -0.444 e. The molecule has 0 saturated carbocycles. The molecule has 25 heavy (non-hydrogen) atoms. The Labute approximate surface area is 148 Å². The topological polar surface area (TPSA) is 81.0 Å². The fourth-order valence-corrected chi connectivity index (χ4v) is 3.08. The third-order valence-corrected chi connectivity index (χ3v) is 4.16. The Morgan fingerprint density at radius 1 is 1.40 bits per heavy atom. The average Bonchev–Trinajstić information content (AvgIpc) is 2.71. The summed E-state index contributed by atoms with van der Waals surface area (Å²) in [6, 6.07) is 2.93. The number of aromatic nitrogens is 1. The molecule has 1 aliphatic heterocycles. The average molecular weight is 352 g/mol. The van der Waals surface area contributed by atoms with Crippen molar-refractivity contribution in [2.24, 2.45) is 7.05 Å². The number of amides is 1. The fraction of sp³-hybridized carbons (Fsp3) is 0.667. The number of aryl methyl sites for hydroxylation is 1. The van der Waals surface area contributed by atoms with Crippen molar-refractivity contribution in [2.45, 2.75) is 64.5 Å². The summed E-state index contributed by atoms with van der Waals surface area (Å²) in [5.41, 5.74) is -0.904. The Morgan fingerprint density at radius 3 is 2.56 bits per heavy atom. The van der Waals surface area contributed by atoms with E-state index in [1.807, 2.05) is 6.07 Å². The van der Waals surface area contributed by atoms with Crippen LogP contribution in [0.3, 0.4) is 0 Å². The molecule has 140 valence electrons. The second kappa shape index (κ2) is 6.80. The lowest BCUT2D eigenvalue weighted by molar-refractivity contribution is -0.0866. The first-order valence-electron chi connectivity index (χ1n) is 8.41. The minimum absolute atomic E-state index is 0.125. The molecule has 7 heteroatoms. The summed E-state index contributed by atoms with van der Waals surface area (Å²) in [7, 11) is 1.68. The summed E-state index contributed by atoms with van der Waals surface area (Å²) >= 11 is 0. The molecule has 7 nitrogen and oxygen atoms in total. The highest BCUT2D eigenvalue weighted by atomic mass is 16.6. The van der Waals surface area contributed by atoms with Gasteiger partial charge < -0.3 is 19.1 Å². The molecule has 0 bridgehead atoms. The van der Waals surface area contributed by atoms with E-state index >= 15 is 0 Å². The number of aliphatic hydroxyl groups is 1. The van der Waals surface area contributed by atoms with Crippen LogP contribution in [0.2, 0.25) is 0 Å². The van der Waals surface area contributed by atoms with Gasteiger partial charge in [0.05, 0.1) is 12.6 Å². The van der Waals surface area contributed by atoms with Gasteiger partial charge in [-0.15, -0.1) is 0 Å². The molecule has 2 unspecified atom stereocenters. The lowest BCUT2D eigenvalue weighted by Crippen LogP contribution is -2.51. The molecule has 0 aromatic carbocycles. The van der Waals surface area contributed by atoms with E-state index in [0.717, 1.165) is 5.56 Å². The van der Waals surface area contributed by atoms with E-state index in [4.69, 9.17) is 9.47 Å². The normalized spacial score (nSPS) is 22.9. The van der Waals surface area contributed by atoms with Crippen molar-refractivity contribution in [2.75, 3.05) is 6.61 Å². The molecule has 2 atom stereocenters. The molecule has 1 aliphatic rings. The van der Waals surface area contributed by atoms with Gasteiger partial charge in [-0.2, -0.15) is 0 Å². The number of hydrogen-bond donors (Lipinski definition) is 1. The van der Waals surface area contributed by atoms with Crippen molar-refractivity contribution >= 4 is 6.09 Å². The second-order valence-corrected chi connectivity index (χ2v) is 7.89. The Bertz CT molecular complexity index is 689. The summed E-state index contributed by atoms with van der Waals surface area (Å²) in [6.07, 6.45) is 1.03. The standard InChI is InChI=1S/C18H28N2O5/c1-17(2,3)25-16(23)20-13(14(11-21)24-18(20,4)5)9-12-7-8-19(6)15(22)10-12/h7-8,10,13-14,21H,9,11H2,1-6H3. The van der Waals surface area contributed by atoms with Crippen molar-refractivity contribution in [3.05, 3.63) is 34.2 Å². The number of ether oxygens (including phenoxy) is 2. The van der Waals surface area contributed by atoms with Crippen LogP contribution in [0.5, 0.6) is 0 Å². The zero-order valence-electron chi connectivity index (χ0n) is 15.8. The third-order valence-electron chi connectivity index (χ3n) is 4.16. The van der Waals surface area contributed by atoms with Crippen LogP contribution in [-0.4, -0.2) is 50.7 Å². The molecule has 1 fully saturated rings. The van der Waals surface area contributed by atoms with Gasteiger partial charge in [0, 0.05) is 19.3 Å². The van der Waals surface area contributed by atoms with Gasteiger partial charge in [0.15, 0.2) is 0 Å². The van der Waals surface area contributed by atoms with E-state index in [-0.39, 0.29) is 12.2 Å². The number of carbonyl (C=O) groups excluding carboxylic acids is 1. The number of rotatable bonds is 3. The first-order valence-corrected chi connectivity index (χ1v) is 8.41. The van der Waals surface area contributed by atoms with Crippen LogP contribution < -0.4 is 5.56 Å². The lowest BCUT2D eigenvalue weighted by atomic mass is 10.0. The van der Waals surface area contributed by atoms with Gasteiger partial charge >= 0.3 is 6.09 Å². The molecule has 1 aromatic heterocycles. The number of carbonyl (C=O) groups is 1. The molecular formula is C18H28N2O5. The zero-order chi connectivity index (χ0) is 19.0. The van der Waals surface area contributed by atoms with Crippen LogP contribution in [0, 0.1) is 0 Å². The number of aliphatic hydroxyl groups excluding tert-OH is 1. The van der Waals surface area contributed by atoms with Crippen LogP contribution in [0.15, 0.2) is 23.1 Å². The molecule has 1 saturated heterocycles. The molecule has 1 amide bonds. The largest absolute Gasteiger partial charge is 0.444 e. The maximum absolute atomic E-state index is 12.7. The molecule has 2 heterocycles. The van der Waals surface area contributed by atoms with Gasteiger partial charge in [-0.1, -0.05) is 0 Å². The molecule has 1 aromatic rings. The predicted octanol–water partition coefficient (Wildman–Crippen LogP) is 1.66. The Balaban J connectivity index is 2.33. The summed E-state index contributed by atoms with van der Waals surface area (Å²) in [5, 5.41) is 9.71. The van der Waals surface area contributed by atoms with Gasteiger partial charge in [-0.3, -0.25) is 9.69 Å². The van der Waals surface area contributed by atoms with Gasteiger partial charge in [0.1, 0.15) is 17.4 Å². The quantitative estimate of drug-likeness (QED) is 0.895. The van der Waals surface area contributed by atoms with Crippen molar-refractivity contribution in [1.29, 1.82) is 0 Å². The van der Waals surface area contributed by atoms with E-state index < -0.39 is 29.6 Å². The molecule has 0 spiro atoms. The summed E-state index contributed by atoms with van der Waals surface area (Å²) in [6.45, 7) is 8.71. The first-order chi connectivity index (χ1) is 11.4. The molecule has 2 rings (SSSR count). The summed E-state index contributed by atoms with van der Waals surface area (Å²) in [5.74, 6) is 0. The second-order valence-electron chi connectivity index (χ2n) is 7.89. The van der Waals surface area contributed by atoms with Crippen LogP contribution in [-0.2, 0) is 22.9 Å². The predicted molar refractivity (Wildman–Crippen MR) is 93.3 cm³/mol. The van der Waals surface area contributed by atoms with E-state index in [9.17, 15) is 14.7 Å². The van der Waals surface area contributed by atoms with Gasteiger partial charge in [-0.25, -0.2) is 4.79 Å². The summed E-state index contributed by atoms with van der Waals surface area (Å²) in [4.78, 5) is 26.1. The van der Waals surface area contributed by atoms with Crippen LogP contribution >= 0.6 is 0 Å². The summed E-state index contributed by atoms with van der Waals surface area (Å²) < 4.78 is 12.9. The van der Waals surface area contributed by atoms with E-state index in [0.29, 0.717) is 6.42 Å². The van der Waals surface area contributed by atoms with E-state index in [1.54, 1.807) is 47.9 Å². The van der Waals surface area contributed by atoms with Crippen molar-refractivity contribution in [3.63, 3.8) is 0 Å². The first kappa shape index (κ1) is 19.5. The van der Waals surface area contributed by atoms with Crippen LogP contribution in [0.1, 0.15) is 40.2 Å². The van der Waals surface area contributed by atoms with Gasteiger partial charge in [-0.05, 0) is 52.7 Å². The molecular weight excluding hydrogens is 324 g/mol. The van der Waals surface area contributed by atoms with Crippen molar-refractivity contribution in [3.8, 4) is 0 Å². The molecule has 0 radical (unpaired) electrons. The third kappa shape index (κ3) is 4.41. The zero-order valence-corrected chi connectivity index (χ0v) is 15.8. The maximum Gasteiger partial charge on any atom is 0.412 e. The SMILES string of the molecule is Cn1ccc(CC2C(CO)OC(C)(C)N2C(=O)OC(C)(C)C)cc1=O. The van der Waals surface area contributed by atoms with Crippen molar-refractivity contribution in [1.82, 2.24) is 9.47 Å². The van der Waals surface area contributed by atoms with Crippen LogP contribution in [0.25, 0.3) is 0 Å². The highest BCUT2D eigenvalue weighted by Crippen LogP contribution is 2.35. The lowest BCUT2D eigenvalue weighted by Gasteiger charge is -2.35. The molecule has 0 aliphatic carbocycles. The highest BCUT2D eigenvalue weighted by Gasteiger charge is 2.50. The van der Waals surface area contributed by atoms with E-state index in [2.05, 4.69) is 0 Å². The Kier molecular flexibility index (Phi) is 5.30. The number of hydrogen-bond acceptors (Lipinski definition) is 5. The fourth-order valence-electron chi connectivity index (χ4n) is 3.08. The maximum atomic E-state index is 12.7. The monoisotopic (exact) mass is 352 g/mol. The van der Waals surface area contributed by atoms with Crippen molar-refractivity contribution < 1.29 is 19.4 Å². The van der Waals surface area contributed by atoms with Gasteiger partial charge in [0.2, 0.25) is 0 Å².